The van der Waals surface area contributed by atoms with Crippen LogP contribution in [0.4, 0.5) is 5.69 Å². The molecular formula is C13H9N3O4. The monoisotopic (exact) mass is 271 g/mol. The molecule has 1 heterocycles. The van der Waals surface area contributed by atoms with Gasteiger partial charge in [-0.3, -0.25) is 14.9 Å². The third-order valence-corrected chi connectivity index (χ3v) is 2.38. The Morgan fingerprint density at radius 3 is 2.90 bits per heavy atom. The molecule has 0 fully saturated rings. The largest absolute Gasteiger partial charge is 0.481 e. The normalized spacial score (nSPS) is 9.60. The topological polar surface area (TPSA) is 98.3 Å². The lowest BCUT2D eigenvalue weighted by Crippen LogP contribution is -1.99. The molecule has 0 aliphatic carbocycles. The summed E-state index contributed by atoms with van der Waals surface area (Å²) in [6.07, 6.45) is 2.67. The van der Waals surface area contributed by atoms with Crippen molar-refractivity contribution in [2.24, 2.45) is 0 Å². The number of hydrogen-bond donors (Lipinski definition) is 1. The zero-order valence-electron chi connectivity index (χ0n) is 10.2. The number of carbonyl (C=O) groups is 1. The van der Waals surface area contributed by atoms with Gasteiger partial charge in [-0.25, -0.2) is 4.68 Å². The van der Waals surface area contributed by atoms with Crippen molar-refractivity contribution < 1.29 is 14.8 Å². The maximum absolute atomic E-state index is 10.9. The van der Waals surface area contributed by atoms with Crippen molar-refractivity contribution >= 4 is 11.7 Å². The van der Waals surface area contributed by atoms with Crippen LogP contribution in [0.25, 0.3) is 5.69 Å². The van der Waals surface area contributed by atoms with Gasteiger partial charge in [-0.15, -0.1) is 0 Å². The van der Waals surface area contributed by atoms with E-state index in [1.54, 1.807) is 18.2 Å². The number of para-hydroxylation sites is 2. The molecule has 0 unspecified atom stereocenters. The molecule has 1 aromatic carbocycles. The van der Waals surface area contributed by atoms with Crippen LogP contribution in [0.1, 0.15) is 12.0 Å². The fourth-order valence-electron chi connectivity index (χ4n) is 1.55. The van der Waals surface area contributed by atoms with Crippen molar-refractivity contribution in [1.82, 2.24) is 9.78 Å². The Hall–Kier alpha value is -3.14. The maximum Gasteiger partial charge on any atom is 0.315 e. The molecule has 0 spiro atoms. The Kier molecular flexibility index (Phi) is 3.77. The molecular weight excluding hydrogens is 262 g/mol. The van der Waals surface area contributed by atoms with Crippen molar-refractivity contribution in [3.63, 3.8) is 0 Å². The maximum atomic E-state index is 10.9. The summed E-state index contributed by atoms with van der Waals surface area (Å²) in [5, 5.41) is 23.4. The lowest BCUT2D eigenvalue weighted by molar-refractivity contribution is -0.384. The van der Waals surface area contributed by atoms with E-state index >= 15 is 0 Å². The molecule has 1 aromatic heterocycles. The van der Waals surface area contributed by atoms with E-state index in [2.05, 4.69) is 16.9 Å². The van der Waals surface area contributed by atoms with E-state index in [-0.39, 0.29) is 12.1 Å². The van der Waals surface area contributed by atoms with Gasteiger partial charge in [0, 0.05) is 12.3 Å². The highest BCUT2D eigenvalue weighted by molar-refractivity contribution is 5.70. The van der Waals surface area contributed by atoms with Crippen LogP contribution in [0, 0.1) is 22.0 Å². The molecule has 20 heavy (non-hydrogen) atoms. The van der Waals surface area contributed by atoms with Gasteiger partial charge in [0.05, 0.1) is 16.7 Å². The van der Waals surface area contributed by atoms with Crippen LogP contribution in [0.2, 0.25) is 0 Å². The first kappa shape index (κ1) is 13.3. The van der Waals surface area contributed by atoms with Crippen molar-refractivity contribution in [2.45, 2.75) is 6.42 Å². The molecule has 0 bridgehead atoms. The Labute approximate surface area is 113 Å². The molecule has 0 saturated carbocycles. The fourth-order valence-corrected chi connectivity index (χ4v) is 1.55. The molecule has 2 aromatic rings. The Balaban J connectivity index is 2.31. The van der Waals surface area contributed by atoms with Gasteiger partial charge in [-0.2, -0.15) is 5.10 Å². The smallest absolute Gasteiger partial charge is 0.315 e. The number of hydrogen-bond acceptors (Lipinski definition) is 4. The highest BCUT2D eigenvalue weighted by atomic mass is 16.6. The second-order valence-electron chi connectivity index (χ2n) is 3.79. The number of aliphatic carboxylic acids is 1. The standard InChI is InChI=1S/C13H9N3O4/c17-13(18)7-3-4-10-8-14-15(9-10)11-5-1-2-6-12(11)16(19)20/h1-2,5-6,8-9H,7H2,(H,17,18). The summed E-state index contributed by atoms with van der Waals surface area (Å²) in [7, 11) is 0. The molecule has 7 nitrogen and oxygen atoms in total. The van der Waals surface area contributed by atoms with E-state index < -0.39 is 10.9 Å². The second-order valence-corrected chi connectivity index (χ2v) is 3.79. The Bertz CT molecular complexity index is 724. The summed E-state index contributed by atoms with van der Waals surface area (Å²) in [4.78, 5) is 20.8. The van der Waals surface area contributed by atoms with Crippen molar-refractivity contribution in [3.8, 4) is 17.5 Å². The summed E-state index contributed by atoms with van der Waals surface area (Å²) in [5.41, 5.74) is 0.744. The van der Waals surface area contributed by atoms with Crippen LogP contribution in [0.15, 0.2) is 36.7 Å². The average molecular weight is 271 g/mol. The summed E-state index contributed by atoms with van der Waals surface area (Å²) in [5.74, 6) is 4.09. The fraction of sp³-hybridized carbons (Fsp3) is 0.0769. The van der Waals surface area contributed by atoms with E-state index in [4.69, 9.17) is 5.11 Å². The van der Waals surface area contributed by atoms with Crippen LogP contribution in [0.3, 0.4) is 0 Å². The average Bonchev–Trinajstić information content (AvgIpc) is 2.87. The summed E-state index contributed by atoms with van der Waals surface area (Å²) >= 11 is 0. The number of nitrogens with zero attached hydrogens (tertiary/aromatic N) is 3. The van der Waals surface area contributed by atoms with Crippen LogP contribution in [-0.4, -0.2) is 25.8 Å². The number of benzene rings is 1. The van der Waals surface area contributed by atoms with Gasteiger partial charge in [0.1, 0.15) is 12.1 Å². The molecule has 7 heteroatoms. The van der Waals surface area contributed by atoms with Crippen LogP contribution in [-0.2, 0) is 4.79 Å². The lowest BCUT2D eigenvalue weighted by Gasteiger charge is -2.01. The van der Waals surface area contributed by atoms with Gasteiger partial charge in [-0.1, -0.05) is 24.0 Å². The number of nitro benzene ring substituents is 1. The van der Waals surface area contributed by atoms with E-state index in [1.807, 2.05) is 0 Å². The van der Waals surface area contributed by atoms with Crippen LogP contribution < -0.4 is 0 Å². The van der Waals surface area contributed by atoms with Crippen molar-refractivity contribution in [3.05, 3.63) is 52.3 Å². The minimum atomic E-state index is -1.01. The number of carboxylic acids is 1. The first-order chi connectivity index (χ1) is 9.58. The molecule has 0 aliphatic heterocycles. The summed E-state index contributed by atoms with van der Waals surface area (Å²) < 4.78 is 1.34. The first-order valence-electron chi connectivity index (χ1n) is 5.57. The van der Waals surface area contributed by atoms with Gasteiger partial charge in [0.25, 0.3) is 5.69 Å². The van der Waals surface area contributed by atoms with E-state index in [9.17, 15) is 14.9 Å². The first-order valence-corrected chi connectivity index (χ1v) is 5.57. The van der Waals surface area contributed by atoms with E-state index in [0.29, 0.717) is 11.3 Å². The van der Waals surface area contributed by atoms with Gasteiger partial charge in [0.2, 0.25) is 0 Å². The van der Waals surface area contributed by atoms with Crippen LogP contribution in [0.5, 0.6) is 0 Å². The van der Waals surface area contributed by atoms with Crippen molar-refractivity contribution in [2.75, 3.05) is 0 Å². The number of rotatable bonds is 3. The van der Waals surface area contributed by atoms with E-state index in [1.165, 1.54) is 23.1 Å². The SMILES string of the molecule is O=C(O)CC#Cc1cnn(-c2ccccc2[N+](=O)[O-])c1. The van der Waals surface area contributed by atoms with E-state index in [0.717, 1.165) is 0 Å². The molecule has 2 rings (SSSR count). The predicted octanol–water partition coefficient (Wildman–Crippen LogP) is 1.61. The highest BCUT2D eigenvalue weighted by Gasteiger charge is 2.14. The quantitative estimate of drug-likeness (QED) is 0.519. The highest BCUT2D eigenvalue weighted by Crippen LogP contribution is 2.21. The number of aromatic nitrogens is 2. The van der Waals surface area contributed by atoms with Gasteiger partial charge < -0.3 is 5.11 Å². The van der Waals surface area contributed by atoms with Gasteiger partial charge >= 0.3 is 5.97 Å². The molecule has 0 saturated heterocycles. The molecule has 0 radical (unpaired) electrons. The third kappa shape index (κ3) is 3.00. The number of nitro groups is 1. The molecule has 1 N–H and O–H groups in total. The van der Waals surface area contributed by atoms with Gasteiger partial charge in [0.15, 0.2) is 0 Å². The Morgan fingerprint density at radius 2 is 2.20 bits per heavy atom. The molecule has 0 amide bonds. The van der Waals surface area contributed by atoms with Crippen molar-refractivity contribution in [1.29, 1.82) is 0 Å². The summed E-state index contributed by atoms with van der Waals surface area (Å²) in [6, 6.07) is 6.19. The second kappa shape index (κ2) is 5.67. The summed E-state index contributed by atoms with van der Waals surface area (Å²) in [6.45, 7) is 0. The minimum Gasteiger partial charge on any atom is -0.481 e. The van der Waals surface area contributed by atoms with Gasteiger partial charge in [-0.05, 0) is 6.07 Å². The predicted molar refractivity (Wildman–Crippen MR) is 69.3 cm³/mol. The molecule has 0 aliphatic rings. The zero-order chi connectivity index (χ0) is 14.5. The minimum absolute atomic E-state index is 0.0688. The molecule has 0 atom stereocenters. The zero-order valence-corrected chi connectivity index (χ0v) is 10.2. The third-order valence-electron chi connectivity index (χ3n) is 2.38. The van der Waals surface area contributed by atoms with Crippen LogP contribution >= 0.6 is 0 Å². The Morgan fingerprint density at radius 1 is 1.45 bits per heavy atom. The molecule has 100 valence electrons. The lowest BCUT2D eigenvalue weighted by atomic mass is 10.2. The number of carboxylic acid groups (broad SMARTS) is 1.